The molecule has 4 nitrogen and oxygen atoms in total. The Hall–Kier alpha value is -0.610. The molecule has 1 amide bonds. The Bertz CT molecular complexity index is 230. The van der Waals surface area contributed by atoms with Crippen molar-refractivity contribution in [1.82, 2.24) is 4.90 Å². The summed E-state index contributed by atoms with van der Waals surface area (Å²) in [6.45, 7) is 2.52. The molecule has 2 N–H and O–H groups in total. The molecule has 14 heavy (non-hydrogen) atoms. The van der Waals surface area contributed by atoms with Crippen molar-refractivity contribution < 1.29 is 15.0 Å². The third kappa shape index (κ3) is 1.77. The second kappa shape index (κ2) is 3.51. The second-order valence-electron chi connectivity index (χ2n) is 4.50. The molecule has 2 aliphatic rings. The highest BCUT2D eigenvalue weighted by Crippen LogP contribution is 2.37. The molecule has 80 valence electrons. The first-order valence-electron chi connectivity index (χ1n) is 5.24. The van der Waals surface area contributed by atoms with E-state index in [0.717, 1.165) is 12.8 Å². The van der Waals surface area contributed by atoms with E-state index < -0.39 is 12.2 Å². The maximum atomic E-state index is 11.8. The van der Waals surface area contributed by atoms with Crippen molar-refractivity contribution >= 4 is 5.91 Å². The van der Waals surface area contributed by atoms with E-state index in [2.05, 4.69) is 0 Å². The van der Waals surface area contributed by atoms with Gasteiger partial charge in [0, 0.05) is 19.0 Å². The number of β-amino-alcohol motifs (C(OH)–C–C–N with tert-alkyl or cyclic N) is 2. The highest BCUT2D eigenvalue weighted by atomic mass is 16.3. The Morgan fingerprint density at radius 3 is 2.21 bits per heavy atom. The number of nitrogens with zero attached hydrogens (tertiary/aromatic N) is 1. The first-order valence-corrected chi connectivity index (χ1v) is 5.24. The van der Waals surface area contributed by atoms with E-state index in [-0.39, 0.29) is 24.9 Å². The fourth-order valence-corrected chi connectivity index (χ4v) is 2.04. The van der Waals surface area contributed by atoms with Crippen LogP contribution < -0.4 is 0 Å². The van der Waals surface area contributed by atoms with Gasteiger partial charge in [0.1, 0.15) is 0 Å². The van der Waals surface area contributed by atoms with Crippen LogP contribution in [0.3, 0.4) is 0 Å². The molecule has 3 atom stereocenters. The van der Waals surface area contributed by atoms with Crippen molar-refractivity contribution in [1.29, 1.82) is 0 Å². The number of rotatable bonds is 2. The standard InChI is InChI=1S/C10H17NO3/c1-6(7-2-3-7)10(14)11-4-8(12)9(13)5-11/h6-9,12-13H,2-5H2,1H3/t6?,8-,9+. The Morgan fingerprint density at radius 2 is 1.79 bits per heavy atom. The van der Waals surface area contributed by atoms with Crippen molar-refractivity contribution in [3.63, 3.8) is 0 Å². The van der Waals surface area contributed by atoms with Crippen LogP contribution in [0.15, 0.2) is 0 Å². The first-order chi connectivity index (χ1) is 6.59. The van der Waals surface area contributed by atoms with Crippen molar-refractivity contribution in [3.05, 3.63) is 0 Å². The number of amides is 1. The van der Waals surface area contributed by atoms with Gasteiger partial charge in [-0.05, 0) is 18.8 Å². The molecule has 1 saturated carbocycles. The summed E-state index contributed by atoms with van der Waals surface area (Å²) >= 11 is 0. The Morgan fingerprint density at radius 1 is 1.29 bits per heavy atom. The van der Waals surface area contributed by atoms with Crippen LogP contribution in [-0.2, 0) is 4.79 Å². The van der Waals surface area contributed by atoms with E-state index in [1.165, 1.54) is 0 Å². The molecule has 4 heteroatoms. The fraction of sp³-hybridized carbons (Fsp3) is 0.900. The Kier molecular flexibility index (Phi) is 2.49. The van der Waals surface area contributed by atoms with E-state index in [1.54, 1.807) is 4.90 Å². The molecule has 0 aromatic heterocycles. The maximum Gasteiger partial charge on any atom is 0.225 e. The van der Waals surface area contributed by atoms with Crippen LogP contribution in [-0.4, -0.2) is 46.3 Å². The smallest absolute Gasteiger partial charge is 0.225 e. The van der Waals surface area contributed by atoms with Gasteiger partial charge in [-0.2, -0.15) is 0 Å². The zero-order valence-corrected chi connectivity index (χ0v) is 8.39. The lowest BCUT2D eigenvalue weighted by Gasteiger charge is -2.19. The third-order valence-electron chi connectivity index (χ3n) is 3.29. The number of aliphatic hydroxyl groups is 2. The molecule has 2 fully saturated rings. The summed E-state index contributed by atoms with van der Waals surface area (Å²) in [7, 11) is 0. The van der Waals surface area contributed by atoms with Gasteiger partial charge in [0.15, 0.2) is 0 Å². The molecular formula is C10H17NO3. The molecule has 0 aromatic carbocycles. The highest BCUT2D eigenvalue weighted by Gasteiger charge is 2.39. The lowest BCUT2D eigenvalue weighted by Crippen LogP contribution is -2.35. The molecule has 0 aromatic rings. The zero-order chi connectivity index (χ0) is 10.3. The van der Waals surface area contributed by atoms with Gasteiger partial charge >= 0.3 is 0 Å². The van der Waals surface area contributed by atoms with E-state index in [9.17, 15) is 15.0 Å². The van der Waals surface area contributed by atoms with Gasteiger partial charge in [0.05, 0.1) is 12.2 Å². The number of carbonyl (C=O) groups excluding carboxylic acids is 1. The van der Waals surface area contributed by atoms with Crippen LogP contribution in [0.25, 0.3) is 0 Å². The van der Waals surface area contributed by atoms with Gasteiger partial charge in [-0.15, -0.1) is 0 Å². The summed E-state index contributed by atoms with van der Waals surface area (Å²) in [5.74, 6) is 0.688. The summed E-state index contributed by atoms with van der Waals surface area (Å²) in [6, 6.07) is 0. The largest absolute Gasteiger partial charge is 0.388 e. The molecule has 1 unspecified atom stereocenters. The zero-order valence-electron chi connectivity index (χ0n) is 8.39. The minimum Gasteiger partial charge on any atom is -0.388 e. The van der Waals surface area contributed by atoms with Gasteiger partial charge in [-0.3, -0.25) is 4.79 Å². The van der Waals surface area contributed by atoms with Crippen LogP contribution >= 0.6 is 0 Å². The monoisotopic (exact) mass is 199 g/mol. The minimum atomic E-state index is -0.759. The van der Waals surface area contributed by atoms with Crippen molar-refractivity contribution in [2.24, 2.45) is 11.8 Å². The number of carbonyl (C=O) groups is 1. The highest BCUT2D eigenvalue weighted by molar-refractivity contribution is 5.79. The van der Waals surface area contributed by atoms with Crippen molar-refractivity contribution in [2.75, 3.05) is 13.1 Å². The molecule has 0 radical (unpaired) electrons. The maximum absolute atomic E-state index is 11.8. The number of likely N-dealkylation sites (tertiary alicyclic amines) is 1. The predicted octanol–water partition coefficient (Wildman–Crippen LogP) is -0.404. The van der Waals surface area contributed by atoms with Gasteiger partial charge in [-0.25, -0.2) is 0 Å². The van der Waals surface area contributed by atoms with Crippen LogP contribution in [0.5, 0.6) is 0 Å². The van der Waals surface area contributed by atoms with E-state index in [1.807, 2.05) is 6.92 Å². The van der Waals surface area contributed by atoms with Gasteiger partial charge < -0.3 is 15.1 Å². The molecule has 1 aliphatic carbocycles. The quantitative estimate of drug-likeness (QED) is 0.636. The minimum absolute atomic E-state index is 0.0625. The normalized spacial score (nSPS) is 34.6. The SMILES string of the molecule is CC(C(=O)N1C[C@@H](O)[C@@H](O)C1)C1CC1. The van der Waals surface area contributed by atoms with Crippen LogP contribution in [0, 0.1) is 11.8 Å². The van der Waals surface area contributed by atoms with Crippen LogP contribution in [0.2, 0.25) is 0 Å². The van der Waals surface area contributed by atoms with Crippen molar-refractivity contribution in [3.8, 4) is 0 Å². The number of hydrogen-bond acceptors (Lipinski definition) is 3. The van der Waals surface area contributed by atoms with Crippen molar-refractivity contribution in [2.45, 2.75) is 32.0 Å². The van der Waals surface area contributed by atoms with Gasteiger partial charge in [0.25, 0.3) is 0 Å². The number of aliphatic hydroxyl groups excluding tert-OH is 2. The van der Waals surface area contributed by atoms with E-state index in [0.29, 0.717) is 5.92 Å². The molecule has 0 bridgehead atoms. The van der Waals surface area contributed by atoms with Crippen LogP contribution in [0.1, 0.15) is 19.8 Å². The molecule has 1 heterocycles. The van der Waals surface area contributed by atoms with E-state index in [4.69, 9.17) is 0 Å². The summed E-state index contributed by atoms with van der Waals surface area (Å²) in [4.78, 5) is 13.4. The van der Waals surface area contributed by atoms with Gasteiger partial charge in [-0.1, -0.05) is 6.92 Å². The summed E-state index contributed by atoms with van der Waals surface area (Å²) in [6.07, 6.45) is 0.772. The first kappa shape index (κ1) is 9.93. The average Bonchev–Trinajstić information content (AvgIpc) is 2.93. The Labute approximate surface area is 83.5 Å². The molecule has 1 aliphatic heterocycles. The second-order valence-corrected chi connectivity index (χ2v) is 4.50. The van der Waals surface area contributed by atoms with Crippen LogP contribution in [0.4, 0.5) is 0 Å². The van der Waals surface area contributed by atoms with Gasteiger partial charge in [0.2, 0.25) is 5.91 Å². The molecule has 0 spiro atoms. The summed E-state index contributed by atoms with van der Waals surface area (Å²) < 4.78 is 0. The average molecular weight is 199 g/mol. The molecule has 2 rings (SSSR count). The summed E-state index contributed by atoms with van der Waals surface area (Å²) in [5, 5.41) is 18.6. The lowest BCUT2D eigenvalue weighted by molar-refractivity contribution is -0.135. The topological polar surface area (TPSA) is 60.8 Å². The summed E-state index contributed by atoms with van der Waals surface area (Å²) in [5.41, 5.74) is 0. The molecule has 1 saturated heterocycles. The number of hydrogen-bond donors (Lipinski definition) is 2. The van der Waals surface area contributed by atoms with E-state index >= 15 is 0 Å². The molecular weight excluding hydrogens is 182 g/mol. The fourth-order valence-electron chi connectivity index (χ4n) is 2.04. The lowest BCUT2D eigenvalue weighted by atomic mass is 10.1. The Balaban J connectivity index is 1.92. The predicted molar refractivity (Wildman–Crippen MR) is 50.5 cm³/mol. The third-order valence-corrected chi connectivity index (χ3v) is 3.29.